The SMILES string of the molecule is C=C1CC(C)(C)Sc2ccc(C)cc2/C=N/C2CCCCC2/N=C/c2cc(C)ccc2S1. The van der Waals surface area contributed by atoms with Crippen molar-refractivity contribution in [1.29, 1.82) is 0 Å². The number of rotatable bonds is 0. The van der Waals surface area contributed by atoms with Gasteiger partial charge in [-0.05, 0) is 62.3 Å². The standard InChI is InChI=1S/C28H34N2S2/c1-19-10-12-26-22(14-19)17-29-24-8-6-7-9-25(24)30-18-23-15-20(2)11-13-27(23)32-28(4,5)16-21(3)31-26/h10-15,17-18,24-25H,3,6-9,16H2,1-2,4-5H3/b29-17+,30-18+. The Labute approximate surface area is 202 Å². The maximum absolute atomic E-state index is 5.10. The van der Waals surface area contributed by atoms with Crippen LogP contribution in [0.3, 0.4) is 0 Å². The van der Waals surface area contributed by atoms with Crippen molar-refractivity contribution in [3.8, 4) is 0 Å². The molecule has 0 radical (unpaired) electrons. The third kappa shape index (κ3) is 5.96. The lowest BCUT2D eigenvalue weighted by atomic mass is 9.91. The fourth-order valence-electron chi connectivity index (χ4n) is 4.52. The van der Waals surface area contributed by atoms with Crippen molar-refractivity contribution >= 4 is 36.0 Å². The highest BCUT2D eigenvalue weighted by Crippen LogP contribution is 2.42. The van der Waals surface area contributed by atoms with Gasteiger partial charge in [0.15, 0.2) is 0 Å². The maximum Gasteiger partial charge on any atom is 0.0723 e. The summed E-state index contributed by atoms with van der Waals surface area (Å²) in [5.41, 5.74) is 4.96. The van der Waals surface area contributed by atoms with Crippen LogP contribution >= 0.6 is 23.5 Å². The molecular weight excluding hydrogens is 428 g/mol. The van der Waals surface area contributed by atoms with Gasteiger partial charge < -0.3 is 0 Å². The van der Waals surface area contributed by atoms with E-state index >= 15 is 0 Å². The number of hydrogen-bond acceptors (Lipinski definition) is 4. The summed E-state index contributed by atoms with van der Waals surface area (Å²) in [6.07, 6.45) is 9.85. The van der Waals surface area contributed by atoms with Crippen LogP contribution < -0.4 is 0 Å². The van der Waals surface area contributed by atoms with E-state index in [1.165, 1.54) is 49.8 Å². The van der Waals surface area contributed by atoms with Crippen LogP contribution in [-0.2, 0) is 0 Å². The quantitative estimate of drug-likeness (QED) is 0.396. The third-order valence-corrected chi connectivity index (χ3v) is 8.41. The van der Waals surface area contributed by atoms with Crippen LogP contribution in [0.15, 0.2) is 67.7 Å². The molecule has 4 rings (SSSR count). The lowest BCUT2D eigenvalue weighted by Gasteiger charge is -2.26. The Morgan fingerprint density at radius 3 is 1.97 bits per heavy atom. The molecule has 168 valence electrons. The summed E-state index contributed by atoms with van der Waals surface area (Å²) in [5, 5.41) is 0. The zero-order valence-corrected chi connectivity index (χ0v) is 21.4. The predicted octanol–water partition coefficient (Wildman–Crippen LogP) is 8.03. The first-order chi connectivity index (χ1) is 15.3. The Morgan fingerprint density at radius 1 is 0.844 bits per heavy atom. The van der Waals surface area contributed by atoms with Crippen LogP contribution in [0.2, 0.25) is 0 Å². The Morgan fingerprint density at radius 2 is 1.38 bits per heavy atom. The van der Waals surface area contributed by atoms with E-state index in [1.807, 2.05) is 11.8 Å². The zero-order valence-electron chi connectivity index (χ0n) is 19.7. The van der Waals surface area contributed by atoms with Gasteiger partial charge in [-0.15, -0.1) is 11.8 Å². The molecule has 4 heteroatoms. The summed E-state index contributed by atoms with van der Waals surface area (Å²) < 4.78 is 0.0361. The Bertz CT molecular complexity index is 1050. The number of benzene rings is 2. The molecule has 0 bridgehead atoms. The van der Waals surface area contributed by atoms with Crippen molar-refractivity contribution in [1.82, 2.24) is 0 Å². The number of nitrogens with zero attached hydrogens (tertiary/aromatic N) is 2. The molecule has 32 heavy (non-hydrogen) atoms. The van der Waals surface area contributed by atoms with Crippen molar-refractivity contribution in [3.63, 3.8) is 0 Å². The van der Waals surface area contributed by atoms with E-state index in [0.717, 1.165) is 19.3 Å². The second kappa shape index (κ2) is 10.0. The van der Waals surface area contributed by atoms with Crippen molar-refractivity contribution in [2.45, 2.75) is 86.4 Å². The summed E-state index contributed by atoms with van der Waals surface area (Å²) in [4.78, 5) is 13.9. The van der Waals surface area contributed by atoms with Gasteiger partial charge in [0.1, 0.15) is 0 Å². The summed E-state index contributed by atoms with van der Waals surface area (Å²) in [6, 6.07) is 13.9. The highest BCUT2D eigenvalue weighted by molar-refractivity contribution is 8.03. The van der Waals surface area contributed by atoms with Crippen LogP contribution in [0.5, 0.6) is 0 Å². The van der Waals surface area contributed by atoms with Gasteiger partial charge in [0.05, 0.1) is 12.1 Å². The molecule has 2 aliphatic rings. The summed E-state index contributed by atoms with van der Waals surface area (Å²) in [6.45, 7) is 13.4. The minimum absolute atomic E-state index is 0.0361. The predicted molar refractivity (Wildman–Crippen MR) is 143 cm³/mol. The van der Waals surface area contributed by atoms with Crippen molar-refractivity contribution < 1.29 is 0 Å². The lowest BCUT2D eigenvalue weighted by Crippen LogP contribution is -2.27. The molecule has 2 aromatic rings. The summed E-state index contributed by atoms with van der Waals surface area (Å²) in [5.74, 6) is 0. The van der Waals surface area contributed by atoms with E-state index in [2.05, 4.69) is 83.1 Å². The molecule has 2 nitrogen and oxygen atoms in total. The second-order valence-electron chi connectivity index (χ2n) is 9.74. The van der Waals surface area contributed by atoms with Gasteiger partial charge in [0, 0.05) is 38.1 Å². The molecule has 1 fully saturated rings. The topological polar surface area (TPSA) is 24.7 Å². The van der Waals surface area contributed by atoms with Crippen LogP contribution in [0, 0.1) is 13.8 Å². The molecule has 2 atom stereocenters. The average molecular weight is 463 g/mol. The van der Waals surface area contributed by atoms with Crippen LogP contribution in [0.25, 0.3) is 0 Å². The summed E-state index contributed by atoms with van der Waals surface area (Å²) >= 11 is 3.73. The van der Waals surface area contributed by atoms with Gasteiger partial charge >= 0.3 is 0 Å². The molecule has 0 spiro atoms. The first-order valence-corrected chi connectivity index (χ1v) is 13.2. The highest BCUT2D eigenvalue weighted by atomic mass is 32.2. The zero-order chi connectivity index (χ0) is 22.7. The molecule has 1 heterocycles. The molecule has 1 aliphatic heterocycles. The minimum Gasteiger partial charge on any atom is -0.287 e. The number of thioether (sulfide) groups is 2. The average Bonchev–Trinajstić information content (AvgIpc) is 2.73. The van der Waals surface area contributed by atoms with Crippen molar-refractivity contribution in [2.24, 2.45) is 9.98 Å². The maximum atomic E-state index is 5.10. The molecule has 2 aromatic carbocycles. The molecule has 0 saturated heterocycles. The fraction of sp³-hybridized carbons (Fsp3) is 0.429. The first kappa shape index (κ1) is 23.4. The van der Waals surface area contributed by atoms with Crippen LogP contribution in [0.1, 0.15) is 68.2 Å². The molecule has 0 aromatic heterocycles. The number of hydrogen-bond donors (Lipinski definition) is 0. The Hall–Kier alpha value is -1.78. The van der Waals surface area contributed by atoms with E-state index in [1.54, 1.807) is 11.8 Å². The lowest BCUT2D eigenvalue weighted by molar-refractivity contribution is 0.390. The molecule has 0 N–H and O–H groups in total. The van der Waals surface area contributed by atoms with Crippen molar-refractivity contribution in [2.75, 3.05) is 0 Å². The number of fused-ring (bicyclic) bond motifs is 3. The van der Waals surface area contributed by atoms with Gasteiger partial charge in [0.2, 0.25) is 0 Å². The molecule has 2 unspecified atom stereocenters. The van der Waals surface area contributed by atoms with Crippen LogP contribution in [-0.4, -0.2) is 29.3 Å². The van der Waals surface area contributed by atoms with Gasteiger partial charge in [-0.25, -0.2) is 0 Å². The highest BCUT2D eigenvalue weighted by Gasteiger charge is 2.25. The number of aryl methyl sites for hydroxylation is 2. The van der Waals surface area contributed by atoms with E-state index in [9.17, 15) is 0 Å². The smallest absolute Gasteiger partial charge is 0.0723 e. The van der Waals surface area contributed by atoms with E-state index in [4.69, 9.17) is 9.98 Å². The van der Waals surface area contributed by atoms with E-state index in [-0.39, 0.29) is 16.8 Å². The Balaban J connectivity index is 1.76. The fourth-order valence-corrected chi connectivity index (χ4v) is 6.92. The second-order valence-corrected chi connectivity index (χ2v) is 12.7. The molecule has 0 amide bonds. The minimum atomic E-state index is 0.0361. The third-order valence-electron chi connectivity index (χ3n) is 6.10. The number of allylic oxidation sites excluding steroid dienone is 1. The largest absolute Gasteiger partial charge is 0.287 e. The monoisotopic (exact) mass is 462 g/mol. The molecular formula is C28H34N2S2. The van der Waals surface area contributed by atoms with Gasteiger partial charge in [-0.1, -0.05) is 68.3 Å². The first-order valence-electron chi connectivity index (χ1n) is 11.6. The normalized spacial score (nSPS) is 25.4. The van der Waals surface area contributed by atoms with E-state index in [0.29, 0.717) is 0 Å². The van der Waals surface area contributed by atoms with Crippen LogP contribution in [0.4, 0.5) is 0 Å². The number of aliphatic imine (C=N–C) groups is 2. The van der Waals surface area contributed by atoms with Gasteiger partial charge in [-0.2, -0.15) is 0 Å². The Kier molecular flexibility index (Phi) is 7.31. The van der Waals surface area contributed by atoms with Gasteiger partial charge in [0.25, 0.3) is 0 Å². The van der Waals surface area contributed by atoms with Crippen molar-refractivity contribution in [3.05, 3.63) is 70.1 Å². The van der Waals surface area contributed by atoms with E-state index < -0.39 is 0 Å². The molecule has 1 aliphatic carbocycles. The molecule has 1 saturated carbocycles. The van der Waals surface area contributed by atoms with Gasteiger partial charge in [-0.3, -0.25) is 9.98 Å². The summed E-state index contributed by atoms with van der Waals surface area (Å²) in [7, 11) is 0.